The van der Waals surface area contributed by atoms with Crippen molar-refractivity contribution in [2.45, 2.75) is 46.1 Å². The third-order valence-corrected chi connectivity index (χ3v) is 7.74. The van der Waals surface area contributed by atoms with Crippen molar-refractivity contribution in [1.82, 2.24) is 23.9 Å². The highest BCUT2D eigenvalue weighted by Crippen LogP contribution is 2.27. The zero-order chi connectivity index (χ0) is 21.3. The maximum atomic E-state index is 13.1. The predicted octanol–water partition coefficient (Wildman–Crippen LogP) is 3.73. The van der Waals surface area contributed by atoms with Gasteiger partial charge in [0.1, 0.15) is 10.0 Å². The lowest BCUT2D eigenvalue weighted by atomic mass is 10.2. The molecular weight excluding hydrogens is 410 g/mol. The highest BCUT2D eigenvalue weighted by atomic mass is 35.5. The Morgan fingerprint density at radius 3 is 2.21 bits per heavy atom. The summed E-state index contributed by atoms with van der Waals surface area (Å²) in [7, 11) is -3.60. The Balaban J connectivity index is 2.02. The molecule has 0 atom stereocenters. The molecule has 7 nitrogen and oxygen atoms in total. The number of aryl methyl sites for hydroxylation is 2. The Labute approximate surface area is 177 Å². The summed E-state index contributed by atoms with van der Waals surface area (Å²) in [5.74, 6) is 0. The minimum absolute atomic E-state index is 0.269. The topological polar surface area (TPSA) is 73.0 Å². The summed E-state index contributed by atoms with van der Waals surface area (Å²) in [4.78, 5) is 0.269. The standard InChI is InChI=1S/C20H26ClN5O2S/c1-6-24(7-2)29(27,28)19-15(4)22-25(16(19)5)13-18-14(3)23-26(20(18)21)17-11-9-8-10-12-17/h8-12H,6-7,13H2,1-5H3. The summed E-state index contributed by atoms with van der Waals surface area (Å²) in [6.07, 6.45) is 0. The van der Waals surface area contributed by atoms with Crippen LogP contribution >= 0.6 is 11.6 Å². The smallest absolute Gasteiger partial charge is 0.246 e. The van der Waals surface area contributed by atoms with Gasteiger partial charge in [-0.15, -0.1) is 0 Å². The van der Waals surface area contributed by atoms with Gasteiger partial charge in [0.05, 0.1) is 29.3 Å². The fourth-order valence-electron chi connectivity index (χ4n) is 3.50. The van der Waals surface area contributed by atoms with Gasteiger partial charge in [-0.25, -0.2) is 13.1 Å². The van der Waals surface area contributed by atoms with Gasteiger partial charge in [0.15, 0.2) is 0 Å². The quantitative estimate of drug-likeness (QED) is 0.566. The maximum absolute atomic E-state index is 13.1. The van der Waals surface area contributed by atoms with Crippen molar-refractivity contribution in [3.63, 3.8) is 0 Å². The maximum Gasteiger partial charge on any atom is 0.246 e. The first-order valence-electron chi connectivity index (χ1n) is 9.55. The predicted molar refractivity (Wildman–Crippen MR) is 114 cm³/mol. The number of para-hydroxylation sites is 1. The van der Waals surface area contributed by atoms with Gasteiger partial charge in [0, 0.05) is 18.7 Å². The number of rotatable bonds is 7. The molecule has 1 aromatic carbocycles. The molecule has 3 aromatic rings. The van der Waals surface area contributed by atoms with E-state index in [4.69, 9.17) is 11.6 Å². The molecule has 0 spiro atoms. The van der Waals surface area contributed by atoms with Crippen LogP contribution in [0.1, 0.15) is 36.5 Å². The molecule has 2 heterocycles. The number of benzene rings is 1. The second kappa shape index (κ2) is 8.30. The van der Waals surface area contributed by atoms with Crippen LogP contribution in [0, 0.1) is 20.8 Å². The third-order valence-electron chi connectivity index (χ3n) is 5.05. The molecule has 9 heteroatoms. The number of nitrogens with zero attached hydrogens (tertiary/aromatic N) is 5. The molecular formula is C20H26ClN5O2S. The van der Waals surface area contributed by atoms with Gasteiger partial charge in [0.2, 0.25) is 10.0 Å². The number of hydrogen-bond donors (Lipinski definition) is 0. The zero-order valence-electron chi connectivity index (χ0n) is 17.3. The molecule has 29 heavy (non-hydrogen) atoms. The molecule has 3 rings (SSSR count). The van der Waals surface area contributed by atoms with Crippen LogP contribution in [0.15, 0.2) is 35.2 Å². The molecule has 0 bridgehead atoms. The van der Waals surface area contributed by atoms with E-state index in [2.05, 4.69) is 10.2 Å². The fraction of sp³-hybridized carbons (Fsp3) is 0.400. The summed E-state index contributed by atoms with van der Waals surface area (Å²) >= 11 is 6.63. The molecule has 0 aliphatic heterocycles. The number of sulfonamides is 1. The van der Waals surface area contributed by atoms with Crippen molar-refractivity contribution >= 4 is 21.6 Å². The van der Waals surface area contributed by atoms with Gasteiger partial charge in [-0.3, -0.25) is 4.68 Å². The van der Waals surface area contributed by atoms with Gasteiger partial charge in [-0.05, 0) is 32.9 Å². The van der Waals surface area contributed by atoms with Crippen LogP contribution in [0.3, 0.4) is 0 Å². The zero-order valence-corrected chi connectivity index (χ0v) is 18.9. The normalized spacial score (nSPS) is 12.1. The fourth-order valence-corrected chi connectivity index (χ4v) is 5.66. The van der Waals surface area contributed by atoms with Crippen molar-refractivity contribution in [1.29, 1.82) is 0 Å². The highest BCUT2D eigenvalue weighted by molar-refractivity contribution is 7.89. The minimum atomic E-state index is -3.60. The van der Waals surface area contributed by atoms with E-state index in [1.54, 1.807) is 23.2 Å². The molecule has 0 radical (unpaired) electrons. The van der Waals surface area contributed by atoms with E-state index < -0.39 is 10.0 Å². The van der Waals surface area contributed by atoms with Crippen molar-refractivity contribution < 1.29 is 8.42 Å². The summed E-state index contributed by atoms with van der Waals surface area (Å²) < 4.78 is 30.9. The Morgan fingerprint density at radius 1 is 1.00 bits per heavy atom. The third kappa shape index (κ3) is 3.84. The molecule has 0 aliphatic rings. The molecule has 2 aromatic heterocycles. The Kier molecular flexibility index (Phi) is 6.16. The monoisotopic (exact) mass is 435 g/mol. The van der Waals surface area contributed by atoms with Crippen molar-refractivity contribution in [3.05, 3.63) is 58.1 Å². The molecule has 0 saturated heterocycles. The highest BCUT2D eigenvalue weighted by Gasteiger charge is 2.29. The average molecular weight is 436 g/mol. The minimum Gasteiger partial charge on any atom is -0.264 e. The van der Waals surface area contributed by atoms with Crippen molar-refractivity contribution in [2.24, 2.45) is 0 Å². The second-order valence-corrected chi connectivity index (χ2v) is 9.08. The Morgan fingerprint density at radius 2 is 1.62 bits per heavy atom. The molecule has 0 amide bonds. The number of hydrogen-bond acceptors (Lipinski definition) is 4. The molecule has 0 aliphatic carbocycles. The van der Waals surface area contributed by atoms with Gasteiger partial charge < -0.3 is 0 Å². The van der Waals surface area contributed by atoms with E-state index in [1.807, 2.05) is 51.1 Å². The Hall–Kier alpha value is -2.16. The van der Waals surface area contributed by atoms with E-state index >= 15 is 0 Å². The number of aromatic nitrogens is 4. The average Bonchev–Trinajstić information content (AvgIpc) is 3.13. The summed E-state index contributed by atoms with van der Waals surface area (Å²) in [5.41, 5.74) is 3.54. The van der Waals surface area contributed by atoms with Crippen molar-refractivity contribution in [2.75, 3.05) is 13.1 Å². The molecule has 0 saturated carbocycles. The van der Waals surface area contributed by atoms with E-state index in [0.29, 0.717) is 36.2 Å². The van der Waals surface area contributed by atoms with Crippen LogP contribution in [-0.2, 0) is 16.6 Å². The van der Waals surface area contributed by atoms with Crippen LogP contribution in [0.5, 0.6) is 0 Å². The first kappa shape index (κ1) is 21.5. The van der Waals surface area contributed by atoms with Crippen molar-refractivity contribution in [3.8, 4) is 5.69 Å². The van der Waals surface area contributed by atoms with Crippen LogP contribution < -0.4 is 0 Å². The molecule has 156 valence electrons. The SMILES string of the molecule is CCN(CC)S(=O)(=O)c1c(C)nn(Cc2c(C)nn(-c3ccccc3)c2Cl)c1C. The van der Waals surface area contributed by atoms with Crippen LogP contribution in [0.25, 0.3) is 5.69 Å². The Bertz CT molecular complexity index is 1120. The van der Waals surface area contributed by atoms with Crippen LogP contribution in [-0.4, -0.2) is 45.4 Å². The molecule has 0 N–H and O–H groups in total. The second-order valence-electron chi connectivity index (χ2n) is 6.85. The van der Waals surface area contributed by atoms with Crippen LogP contribution in [0.2, 0.25) is 5.15 Å². The summed E-state index contributed by atoms with van der Waals surface area (Å²) in [6.45, 7) is 10.2. The molecule has 0 unspecified atom stereocenters. The van der Waals surface area contributed by atoms with E-state index in [0.717, 1.165) is 16.9 Å². The lowest BCUT2D eigenvalue weighted by molar-refractivity contribution is 0.444. The molecule has 0 fully saturated rings. The van der Waals surface area contributed by atoms with E-state index in [9.17, 15) is 8.42 Å². The number of halogens is 1. The summed E-state index contributed by atoms with van der Waals surface area (Å²) in [6, 6.07) is 9.64. The van der Waals surface area contributed by atoms with Gasteiger partial charge in [-0.2, -0.15) is 14.5 Å². The summed E-state index contributed by atoms with van der Waals surface area (Å²) in [5, 5.41) is 9.55. The largest absolute Gasteiger partial charge is 0.264 e. The van der Waals surface area contributed by atoms with E-state index in [-0.39, 0.29) is 4.90 Å². The van der Waals surface area contributed by atoms with Gasteiger partial charge in [-0.1, -0.05) is 43.6 Å². The van der Waals surface area contributed by atoms with E-state index in [1.165, 1.54) is 4.31 Å². The lowest BCUT2D eigenvalue weighted by Gasteiger charge is -2.18. The lowest BCUT2D eigenvalue weighted by Crippen LogP contribution is -2.31. The van der Waals surface area contributed by atoms with Crippen LogP contribution in [0.4, 0.5) is 0 Å². The first-order valence-corrected chi connectivity index (χ1v) is 11.4. The first-order chi connectivity index (χ1) is 13.7. The van der Waals surface area contributed by atoms with Gasteiger partial charge >= 0.3 is 0 Å². The van der Waals surface area contributed by atoms with Gasteiger partial charge in [0.25, 0.3) is 0 Å².